The number of likely N-dealkylation sites (tertiary alicyclic amines) is 1. The second-order valence-corrected chi connectivity index (χ2v) is 6.20. The fourth-order valence-corrected chi connectivity index (χ4v) is 3.10. The van der Waals surface area contributed by atoms with Gasteiger partial charge in [-0.05, 0) is 32.7 Å². The Morgan fingerprint density at radius 2 is 2.37 bits per heavy atom. The first-order chi connectivity index (χ1) is 9.17. The SMILES string of the molecule is CCCNc1snnc1CN1CCCC(C)(OC)C1. The molecule has 6 heteroatoms. The number of hydrogen-bond acceptors (Lipinski definition) is 6. The monoisotopic (exact) mass is 284 g/mol. The summed E-state index contributed by atoms with van der Waals surface area (Å²) in [6.07, 6.45) is 3.43. The molecule has 1 aromatic heterocycles. The van der Waals surface area contributed by atoms with Crippen LogP contribution >= 0.6 is 11.5 Å². The third kappa shape index (κ3) is 3.87. The van der Waals surface area contributed by atoms with Gasteiger partial charge in [-0.2, -0.15) is 0 Å². The fraction of sp³-hybridized carbons (Fsp3) is 0.846. The molecule has 1 aromatic rings. The number of rotatable bonds is 6. The number of nitrogens with zero attached hydrogens (tertiary/aromatic N) is 3. The van der Waals surface area contributed by atoms with Crippen LogP contribution in [0.15, 0.2) is 0 Å². The Balaban J connectivity index is 1.95. The van der Waals surface area contributed by atoms with Gasteiger partial charge in [0.1, 0.15) is 10.7 Å². The molecule has 1 aliphatic heterocycles. The molecule has 0 saturated carbocycles. The van der Waals surface area contributed by atoms with Crippen molar-refractivity contribution >= 4 is 16.5 Å². The fourth-order valence-electron chi connectivity index (χ4n) is 2.51. The van der Waals surface area contributed by atoms with E-state index in [-0.39, 0.29) is 5.60 Å². The highest BCUT2D eigenvalue weighted by Crippen LogP contribution is 2.26. The lowest BCUT2D eigenvalue weighted by Crippen LogP contribution is -2.46. The number of hydrogen-bond donors (Lipinski definition) is 1. The van der Waals surface area contributed by atoms with E-state index < -0.39 is 0 Å². The second kappa shape index (κ2) is 6.63. The van der Waals surface area contributed by atoms with E-state index in [0.717, 1.165) is 49.7 Å². The van der Waals surface area contributed by atoms with Gasteiger partial charge in [0.05, 0.1) is 5.60 Å². The molecule has 0 aliphatic carbocycles. The quantitative estimate of drug-likeness (QED) is 0.869. The summed E-state index contributed by atoms with van der Waals surface area (Å²) in [4.78, 5) is 2.42. The summed E-state index contributed by atoms with van der Waals surface area (Å²) >= 11 is 1.45. The highest BCUT2D eigenvalue weighted by molar-refractivity contribution is 7.10. The van der Waals surface area contributed by atoms with Gasteiger partial charge in [0.25, 0.3) is 0 Å². The van der Waals surface area contributed by atoms with E-state index in [1.165, 1.54) is 18.0 Å². The number of anilines is 1. The molecule has 108 valence electrons. The van der Waals surface area contributed by atoms with E-state index >= 15 is 0 Å². The first-order valence-electron chi connectivity index (χ1n) is 6.99. The Hall–Kier alpha value is -0.720. The van der Waals surface area contributed by atoms with Crippen LogP contribution in [0.1, 0.15) is 38.8 Å². The Bertz CT molecular complexity index is 398. The van der Waals surface area contributed by atoms with Gasteiger partial charge in [-0.25, -0.2) is 0 Å². The van der Waals surface area contributed by atoms with Crippen LogP contribution in [-0.2, 0) is 11.3 Å². The Morgan fingerprint density at radius 3 is 3.11 bits per heavy atom. The first-order valence-corrected chi connectivity index (χ1v) is 7.77. The normalized spacial score (nSPS) is 24.6. The van der Waals surface area contributed by atoms with Crippen LogP contribution in [0, 0.1) is 0 Å². The van der Waals surface area contributed by atoms with Gasteiger partial charge in [-0.3, -0.25) is 4.90 Å². The minimum absolute atomic E-state index is 0.0152. The summed E-state index contributed by atoms with van der Waals surface area (Å²) in [5.74, 6) is 0. The van der Waals surface area contributed by atoms with Crippen molar-refractivity contribution in [1.29, 1.82) is 0 Å². The van der Waals surface area contributed by atoms with Gasteiger partial charge < -0.3 is 10.1 Å². The molecule has 0 aromatic carbocycles. The molecule has 1 atom stereocenters. The number of piperidine rings is 1. The van der Waals surface area contributed by atoms with E-state index in [1.807, 2.05) is 7.11 Å². The highest BCUT2D eigenvalue weighted by atomic mass is 32.1. The molecule has 1 aliphatic rings. The molecular formula is C13H24N4OS. The molecule has 0 amide bonds. The number of methoxy groups -OCH3 is 1. The van der Waals surface area contributed by atoms with Gasteiger partial charge in [0.2, 0.25) is 0 Å². The van der Waals surface area contributed by atoms with E-state index in [9.17, 15) is 0 Å². The Morgan fingerprint density at radius 1 is 1.53 bits per heavy atom. The molecule has 0 spiro atoms. The molecule has 1 N–H and O–H groups in total. The van der Waals surface area contributed by atoms with Crippen LogP contribution in [0.5, 0.6) is 0 Å². The van der Waals surface area contributed by atoms with Gasteiger partial charge in [-0.1, -0.05) is 11.4 Å². The maximum Gasteiger partial charge on any atom is 0.134 e. The third-order valence-electron chi connectivity index (χ3n) is 3.70. The van der Waals surface area contributed by atoms with E-state index in [1.54, 1.807) is 0 Å². The molecular weight excluding hydrogens is 260 g/mol. The molecule has 0 radical (unpaired) electrons. The van der Waals surface area contributed by atoms with Crippen LogP contribution < -0.4 is 5.32 Å². The summed E-state index contributed by atoms with van der Waals surface area (Å²) in [5.41, 5.74) is 1.05. The van der Waals surface area contributed by atoms with Crippen LogP contribution in [0.3, 0.4) is 0 Å². The zero-order chi connectivity index (χ0) is 13.7. The molecule has 19 heavy (non-hydrogen) atoms. The smallest absolute Gasteiger partial charge is 0.134 e. The van der Waals surface area contributed by atoms with Crippen molar-refractivity contribution in [3.05, 3.63) is 5.69 Å². The number of ether oxygens (including phenoxy) is 1. The van der Waals surface area contributed by atoms with Crippen molar-refractivity contribution in [2.75, 3.05) is 32.1 Å². The van der Waals surface area contributed by atoms with Crippen LogP contribution in [0.4, 0.5) is 5.00 Å². The van der Waals surface area contributed by atoms with Crippen molar-refractivity contribution in [3.8, 4) is 0 Å². The standard InChI is InChI=1S/C13H24N4OS/c1-4-7-14-12-11(15-16-19-12)9-17-8-5-6-13(2,10-17)18-3/h14H,4-10H2,1-3H3. The van der Waals surface area contributed by atoms with E-state index in [4.69, 9.17) is 4.74 Å². The van der Waals surface area contributed by atoms with Gasteiger partial charge in [-0.15, -0.1) is 5.10 Å². The topological polar surface area (TPSA) is 50.3 Å². The van der Waals surface area contributed by atoms with Crippen LogP contribution in [0.25, 0.3) is 0 Å². The summed E-state index contributed by atoms with van der Waals surface area (Å²) in [5, 5.41) is 8.78. The molecule has 0 bridgehead atoms. The Kier molecular flexibility index (Phi) is 5.13. The van der Waals surface area contributed by atoms with E-state index in [0.29, 0.717) is 0 Å². The largest absolute Gasteiger partial charge is 0.377 e. The van der Waals surface area contributed by atoms with Gasteiger partial charge in [0, 0.05) is 38.3 Å². The van der Waals surface area contributed by atoms with Crippen molar-refractivity contribution in [2.24, 2.45) is 0 Å². The maximum absolute atomic E-state index is 5.63. The van der Waals surface area contributed by atoms with Crippen LogP contribution in [-0.4, -0.2) is 46.8 Å². The Labute approximate surface area is 119 Å². The summed E-state index contributed by atoms with van der Waals surface area (Å²) in [7, 11) is 1.81. The van der Waals surface area contributed by atoms with E-state index in [2.05, 4.69) is 33.7 Å². The molecule has 1 saturated heterocycles. The second-order valence-electron chi connectivity index (χ2n) is 5.44. The summed E-state index contributed by atoms with van der Waals surface area (Å²) in [6, 6.07) is 0. The van der Waals surface area contributed by atoms with Gasteiger partial charge >= 0.3 is 0 Å². The molecule has 1 fully saturated rings. The van der Waals surface area contributed by atoms with Crippen molar-refractivity contribution in [1.82, 2.24) is 14.5 Å². The predicted octanol–water partition coefficient (Wildman–Crippen LogP) is 2.36. The number of nitrogens with one attached hydrogen (secondary N) is 1. The summed E-state index contributed by atoms with van der Waals surface area (Å²) < 4.78 is 9.70. The van der Waals surface area contributed by atoms with Crippen molar-refractivity contribution in [2.45, 2.75) is 45.3 Å². The first kappa shape index (κ1) is 14.7. The predicted molar refractivity (Wildman–Crippen MR) is 78.6 cm³/mol. The molecule has 1 unspecified atom stereocenters. The zero-order valence-electron chi connectivity index (χ0n) is 12.1. The van der Waals surface area contributed by atoms with Crippen molar-refractivity contribution in [3.63, 3.8) is 0 Å². The average molecular weight is 284 g/mol. The minimum atomic E-state index is -0.0152. The molecule has 2 rings (SSSR count). The van der Waals surface area contributed by atoms with Crippen molar-refractivity contribution < 1.29 is 4.74 Å². The van der Waals surface area contributed by atoms with Crippen LogP contribution in [0.2, 0.25) is 0 Å². The summed E-state index contributed by atoms with van der Waals surface area (Å²) in [6.45, 7) is 8.27. The molecule has 5 nitrogen and oxygen atoms in total. The average Bonchev–Trinajstić information content (AvgIpc) is 2.84. The lowest BCUT2D eigenvalue weighted by molar-refractivity contribution is -0.0529. The maximum atomic E-state index is 5.63. The lowest BCUT2D eigenvalue weighted by atomic mass is 9.95. The lowest BCUT2D eigenvalue weighted by Gasteiger charge is -2.39. The minimum Gasteiger partial charge on any atom is -0.377 e. The highest BCUT2D eigenvalue weighted by Gasteiger charge is 2.31. The van der Waals surface area contributed by atoms with Gasteiger partial charge in [0.15, 0.2) is 0 Å². The third-order valence-corrected chi connectivity index (χ3v) is 4.42. The molecule has 2 heterocycles. The number of aromatic nitrogens is 2. The zero-order valence-corrected chi connectivity index (χ0v) is 12.9.